The molecule has 0 aliphatic carbocycles. The van der Waals surface area contributed by atoms with E-state index in [-0.39, 0.29) is 11.7 Å². The molecule has 1 heterocycles. The van der Waals surface area contributed by atoms with Crippen molar-refractivity contribution in [2.75, 3.05) is 0 Å². The van der Waals surface area contributed by atoms with Gasteiger partial charge < -0.3 is 10.5 Å². The molecule has 0 bridgehead atoms. The van der Waals surface area contributed by atoms with Crippen LogP contribution in [-0.4, -0.2) is 10.8 Å². The van der Waals surface area contributed by atoms with Crippen LogP contribution in [0.5, 0.6) is 11.6 Å². The largest absolute Gasteiger partial charge is 0.438 e. The van der Waals surface area contributed by atoms with Gasteiger partial charge in [0.05, 0.1) is 10.0 Å². The van der Waals surface area contributed by atoms with Gasteiger partial charge in [0.2, 0.25) is 5.88 Å². The van der Waals surface area contributed by atoms with Crippen LogP contribution in [0.25, 0.3) is 0 Å². The third-order valence-corrected chi connectivity index (χ3v) is 3.04. The molecule has 19 heavy (non-hydrogen) atoms. The molecule has 0 atom stereocenters. The molecule has 0 fully saturated rings. The zero-order chi connectivity index (χ0) is 14.0. The summed E-state index contributed by atoms with van der Waals surface area (Å²) >= 11 is 3.06. The number of hydrogen-bond acceptors (Lipinski definition) is 3. The number of nitrogen functional groups attached to an aromatic ring is 1. The molecular formula is C13H11BrFN3O. The Balaban J connectivity index is 2.39. The summed E-state index contributed by atoms with van der Waals surface area (Å²) in [4.78, 5) is 4.16. The molecule has 0 unspecified atom stereocenters. The minimum atomic E-state index is -0.436. The summed E-state index contributed by atoms with van der Waals surface area (Å²) in [6, 6.07) is 7.74. The van der Waals surface area contributed by atoms with Gasteiger partial charge in [-0.2, -0.15) is 0 Å². The van der Waals surface area contributed by atoms with E-state index in [1.165, 1.54) is 12.1 Å². The first-order chi connectivity index (χ1) is 8.97. The number of nitrogens with two attached hydrogens (primary N) is 1. The Morgan fingerprint density at radius 2 is 2.11 bits per heavy atom. The van der Waals surface area contributed by atoms with Crippen LogP contribution in [-0.2, 0) is 0 Å². The third-order valence-electron chi connectivity index (χ3n) is 2.40. The molecule has 0 saturated carbocycles. The summed E-state index contributed by atoms with van der Waals surface area (Å²) in [5.74, 6) is -0.106. The Morgan fingerprint density at radius 3 is 2.74 bits per heavy atom. The second-order valence-corrected chi connectivity index (χ2v) is 4.75. The van der Waals surface area contributed by atoms with Crippen LogP contribution in [0.4, 0.5) is 4.39 Å². The van der Waals surface area contributed by atoms with Gasteiger partial charge in [-0.3, -0.25) is 5.41 Å². The van der Waals surface area contributed by atoms with Crippen LogP contribution in [0.15, 0.2) is 34.8 Å². The molecule has 1 aromatic carbocycles. The predicted octanol–water partition coefficient (Wildman–Crippen LogP) is 3.37. The van der Waals surface area contributed by atoms with Crippen LogP contribution in [0, 0.1) is 18.2 Å². The second-order valence-electron chi connectivity index (χ2n) is 3.90. The lowest BCUT2D eigenvalue weighted by Crippen LogP contribution is -2.13. The average Bonchev–Trinajstić information content (AvgIpc) is 2.33. The zero-order valence-electron chi connectivity index (χ0n) is 10.1. The highest BCUT2D eigenvalue weighted by Gasteiger charge is 2.11. The number of amidine groups is 1. The lowest BCUT2D eigenvalue weighted by Gasteiger charge is -2.10. The molecule has 98 valence electrons. The molecule has 0 aliphatic heterocycles. The molecular weight excluding hydrogens is 313 g/mol. The molecule has 1 aromatic heterocycles. The zero-order valence-corrected chi connectivity index (χ0v) is 11.7. The normalized spacial score (nSPS) is 10.3. The third kappa shape index (κ3) is 3.08. The van der Waals surface area contributed by atoms with E-state index in [2.05, 4.69) is 20.9 Å². The summed E-state index contributed by atoms with van der Waals surface area (Å²) in [6.45, 7) is 1.79. The van der Waals surface area contributed by atoms with Crippen molar-refractivity contribution in [3.63, 3.8) is 0 Å². The summed E-state index contributed by atoms with van der Waals surface area (Å²) in [5.41, 5.74) is 6.54. The van der Waals surface area contributed by atoms with E-state index in [0.29, 0.717) is 15.8 Å². The molecule has 0 saturated heterocycles. The fraction of sp³-hybridized carbons (Fsp3) is 0.0769. The topological polar surface area (TPSA) is 72.0 Å². The van der Waals surface area contributed by atoms with Gasteiger partial charge in [-0.1, -0.05) is 0 Å². The second kappa shape index (κ2) is 5.36. The Labute approximate surface area is 118 Å². The first-order valence-corrected chi connectivity index (χ1v) is 6.21. The van der Waals surface area contributed by atoms with Crippen molar-refractivity contribution >= 4 is 21.8 Å². The molecule has 0 amide bonds. The maximum atomic E-state index is 13.4. The number of aryl methyl sites for hydroxylation is 1. The number of halogens is 2. The highest BCUT2D eigenvalue weighted by molar-refractivity contribution is 9.10. The molecule has 0 aliphatic rings. The van der Waals surface area contributed by atoms with Gasteiger partial charge in [0.25, 0.3) is 0 Å². The van der Waals surface area contributed by atoms with Gasteiger partial charge >= 0.3 is 0 Å². The van der Waals surface area contributed by atoms with Gasteiger partial charge in [-0.25, -0.2) is 9.37 Å². The van der Waals surface area contributed by atoms with Crippen LogP contribution in [0.2, 0.25) is 0 Å². The number of nitrogens with zero attached hydrogens (tertiary/aromatic N) is 1. The maximum absolute atomic E-state index is 13.4. The Morgan fingerprint density at radius 1 is 1.37 bits per heavy atom. The van der Waals surface area contributed by atoms with Gasteiger partial charge in [0, 0.05) is 11.8 Å². The SMILES string of the molecule is Cc1ccc(C(=N)N)c(Oc2ccc(Br)c(F)c2)n1. The molecule has 2 rings (SSSR count). The molecule has 6 heteroatoms. The van der Waals surface area contributed by atoms with Gasteiger partial charge in [0.1, 0.15) is 17.4 Å². The fourth-order valence-corrected chi connectivity index (χ4v) is 1.71. The minimum Gasteiger partial charge on any atom is -0.438 e. The van der Waals surface area contributed by atoms with Gasteiger partial charge in [-0.15, -0.1) is 0 Å². The predicted molar refractivity (Wildman–Crippen MR) is 74.2 cm³/mol. The van der Waals surface area contributed by atoms with Crippen molar-refractivity contribution in [3.05, 3.63) is 51.9 Å². The van der Waals surface area contributed by atoms with Gasteiger partial charge in [0.15, 0.2) is 0 Å². The number of benzene rings is 1. The van der Waals surface area contributed by atoms with Crippen molar-refractivity contribution in [1.29, 1.82) is 5.41 Å². The van der Waals surface area contributed by atoms with Crippen molar-refractivity contribution in [3.8, 4) is 11.6 Å². The number of ether oxygens (including phenoxy) is 1. The molecule has 0 spiro atoms. The Hall–Kier alpha value is -1.95. The smallest absolute Gasteiger partial charge is 0.230 e. The quantitative estimate of drug-likeness (QED) is 0.672. The summed E-state index contributed by atoms with van der Waals surface area (Å²) in [6.07, 6.45) is 0. The Bertz CT molecular complexity index is 646. The molecule has 3 N–H and O–H groups in total. The summed E-state index contributed by atoms with van der Waals surface area (Å²) in [7, 11) is 0. The van der Waals surface area contributed by atoms with Gasteiger partial charge in [-0.05, 0) is 47.1 Å². The van der Waals surface area contributed by atoms with Crippen LogP contribution < -0.4 is 10.5 Å². The minimum absolute atomic E-state index is 0.153. The van der Waals surface area contributed by atoms with E-state index < -0.39 is 5.82 Å². The number of pyridine rings is 1. The average molecular weight is 324 g/mol. The van der Waals surface area contributed by atoms with Crippen molar-refractivity contribution < 1.29 is 9.13 Å². The van der Waals surface area contributed by atoms with E-state index in [9.17, 15) is 4.39 Å². The van der Waals surface area contributed by atoms with Crippen molar-refractivity contribution in [2.45, 2.75) is 6.92 Å². The standard InChI is InChI=1S/C13H11BrFN3O/c1-7-2-4-9(12(16)17)13(18-7)19-8-3-5-10(14)11(15)6-8/h2-6H,1H3,(H3,16,17). The number of hydrogen-bond donors (Lipinski definition) is 2. The fourth-order valence-electron chi connectivity index (χ4n) is 1.47. The van der Waals surface area contributed by atoms with E-state index in [0.717, 1.165) is 5.69 Å². The molecule has 4 nitrogen and oxygen atoms in total. The summed E-state index contributed by atoms with van der Waals surface area (Å²) in [5, 5.41) is 7.47. The summed E-state index contributed by atoms with van der Waals surface area (Å²) < 4.78 is 19.3. The number of aromatic nitrogens is 1. The monoisotopic (exact) mass is 323 g/mol. The first-order valence-electron chi connectivity index (χ1n) is 5.42. The van der Waals surface area contributed by atoms with E-state index in [1.807, 2.05) is 0 Å². The van der Waals surface area contributed by atoms with Crippen molar-refractivity contribution in [2.24, 2.45) is 5.73 Å². The Kier molecular flexibility index (Phi) is 3.80. The molecule has 0 radical (unpaired) electrons. The lowest BCUT2D eigenvalue weighted by molar-refractivity contribution is 0.455. The molecule has 2 aromatic rings. The van der Waals surface area contributed by atoms with Crippen LogP contribution >= 0.6 is 15.9 Å². The van der Waals surface area contributed by atoms with Crippen LogP contribution in [0.3, 0.4) is 0 Å². The lowest BCUT2D eigenvalue weighted by atomic mass is 10.2. The number of rotatable bonds is 3. The van der Waals surface area contributed by atoms with E-state index in [1.54, 1.807) is 25.1 Å². The maximum Gasteiger partial charge on any atom is 0.230 e. The first kappa shape index (κ1) is 13.5. The van der Waals surface area contributed by atoms with Crippen molar-refractivity contribution in [1.82, 2.24) is 4.98 Å². The number of nitrogens with one attached hydrogen (secondary N) is 1. The van der Waals surface area contributed by atoms with E-state index in [4.69, 9.17) is 15.9 Å². The highest BCUT2D eigenvalue weighted by Crippen LogP contribution is 2.26. The van der Waals surface area contributed by atoms with E-state index >= 15 is 0 Å². The highest BCUT2D eigenvalue weighted by atomic mass is 79.9. The van der Waals surface area contributed by atoms with Crippen LogP contribution in [0.1, 0.15) is 11.3 Å².